The number of benzene rings is 5. The van der Waals surface area contributed by atoms with Gasteiger partial charge >= 0.3 is 0 Å². The molecule has 0 saturated carbocycles. The van der Waals surface area contributed by atoms with Crippen LogP contribution in [0, 0.1) is 0 Å². The van der Waals surface area contributed by atoms with Gasteiger partial charge in [-0.1, -0.05) is 133 Å². The van der Waals surface area contributed by atoms with Crippen LogP contribution in [0.1, 0.15) is 0 Å². The topological polar surface area (TPSA) is 51.6 Å². The Labute approximate surface area is 265 Å². The van der Waals surface area contributed by atoms with Crippen molar-refractivity contribution < 1.29 is 0 Å². The Morgan fingerprint density at radius 3 is 0.891 bits per heavy atom. The number of nitrogens with zero attached hydrogens (tertiary/aromatic N) is 4. The fraction of sp³-hybridized carbons (Fsp3) is 0. The lowest BCUT2D eigenvalue weighted by molar-refractivity contribution is 1.35. The van der Waals surface area contributed by atoms with Crippen LogP contribution in [0.15, 0.2) is 158 Å². The molecule has 0 N–H and O–H groups in total. The van der Waals surface area contributed by atoms with Crippen molar-refractivity contribution in [2.24, 2.45) is 0 Å². The van der Waals surface area contributed by atoms with Gasteiger partial charge in [0.1, 0.15) is 0 Å². The molecule has 4 nitrogen and oxygen atoms in total. The quantitative estimate of drug-likeness (QED) is 0.193. The maximum atomic E-state index is 5.25. The predicted molar refractivity (Wildman–Crippen MR) is 189 cm³/mol. The highest BCUT2D eigenvalue weighted by Gasteiger charge is 2.14. The van der Waals surface area contributed by atoms with Crippen LogP contribution in [0.2, 0.25) is 0 Å². The molecule has 0 atom stereocenters. The minimum Gasteiger partial charge on any atom is -0.245 e. The zero-order chi connectivity index (χ0) is 30.5. The fourth-order valence-corrected chi connectivity index (χ4v) is 6.30. The van der Waals surface area contributed by atoms with Gasteiger partial charge in [0.25, 0.3) is 0 Å². The lowest BCUT2D eigenvalue weighted by Gasteiger charge is -2.12. The van der Waals surface area contributed by atoms with E-state index in [2.05, 4.69) is 121 Å². The lowest BCUT2D eigenvalue weighted by Crippen LogP contribution is -1.94. The third kappa shape index (κ3) is 4.47. The first-order chi connectivity index (χ1) is 22.8. The molecule has 0 radical (unpaired) electrons. The highest BCUT2D eigenvalue weighted by molar-refractivity contribution is 6.06. The van der Waals surface area contributed by atoms with Crippen LogP contribution in [-0.2, 0) is 0 Å². The normalized spacial score (nSPS) is 11.5. The van der Waals surface area contributed by atoms with E-state index in [1.165, 1.54) is 0 Å². The van der Waals surface area contributed by atoms with Crippen LogP contribution >= 0.6 is 0 Å². The second-order valence-electron chi connectivity index (χ2n) is 11.5. The Balaban J connectivity index is 1.20. The molecular weight excluding hydrogens is 560 g/mol. The predicted octanol–water partition coefficient (Wildman–Crippen LogP) is 10.5. The van der Waals surface area contributed by atoms with Gasteiger partial charge in [0.15, 0.2) is 0 Å². The van der Waals surface area contributed by atoms with Gasteiger partial charge in [-0.25, -0.2) is 19.9 Å². The van der Waals surface area contributed by atoms with Crippen LogP contribution < -0.4 is 0 Å². The molecule has 214 valence electrons. The summed E-state index contributed by atoms with van der Waals surface area (Å²) in [6.07, 6.45) is 0. The summed E-state index contributed by atoms with van der Waals surface area (Å²) in [5.74, 6) is 0. The summed E-state index contributed by atoms with van der Waals surface area (Å²) in [6, 6.07) is 54.3. The fourth-order valence-electron chi connectivity index (χ4n) is 6.30. The van der Waals surface area contributed by atoms with Gasteiger partial charge in [-0.05, 0) is 24.3 Å². The molecule has 4 heterocycles. The zero-order valence-electron chi connectivity index (χ0n) is 24.8. The summed E-state index contributed by atoms with van der Waals surface area (Å²) >= 11 is 0. The lowest BCUT2D eigenvalue weighted by atomic mass is 9.99. The summed E-state index contributed by atoms with van der Waals surface area (Å²) in [4.78, 5) is 20.7. The van der Waals surface area contributed by atoms with Crippen LogP contribution in [0.5, 0.6) is 0 Å². The molecule has 0 bridgehead atoms. The SMILES string of the molecule is c1ccc(-c2ccc3ccc4ccc(-c5ccccc5-c5ccc6ccc7ccc(-c8ccccc8)nc7c6n5)nc4c3n2)cc1. The minimum atomic E-state index is 0.881. The molecule has 9 aromatic rings. The van der Waals surface area contributed by atoms with Crippen molar-refractivity contribution in [1.29, 1.82) is 0 Å². The van der Waals surface area contributed by atoms with E-state index in [4.69, 9.17) is 19.9 Å². The van der Waals surface area contributed by atoms with E-state index < -0.39 is 0 Å². The Hall–Kier alpha value is -6.26. The molecule has 0 saturated heterocycles. The molecule has 0 aliphatic rings. The molecule has 0 unspecified atom stereocenters. The van der Waals surface area contributed by atoms with E-state index in [1.54, 1.807) is 0 Å². The van der Waals surface area contributed by atoms with Gasteiger partial charge < -0.3 is 0 Å². The van der Waals surface area contributed by atoms with Crippen molar-refractivity contribution in [2.45, 2.75) is 0 Å². The summed E-state index contributed by atoms with van der Waals surface area (Å²) in [7, 11) is 0. The van der Waals surface area contributed by atoms with Crippen molar-refractivity contribution in [3.05, 3.63) is 158 Å². The molecule has 9 rings (SSSR count). The summed E-state index contributed by atoms with van der Waals surface area (Å²) in [5, 5.41) is 4.25. The molecular formula is C42H26N4. The first-order valence-electron chi connectivity index (χ1n) is 15.4. The number of hydrogen-bond donors (Lipinski definition) is 0. The van der Waals surface area contributed by atoms with E-state index in [1.807, 2.05) is 36.4 Å². The van der Waals surface area contributed by atoms with Crippen LogP contribution in [0.4, 0.5) is 0 Å². The maximum absolute atomic E-state index is 5.25. The summed E-state index contributed by atoms with van der Waals surface area (Å²) < 4.78 is 0. The van der Waals surface area contributed by atoms with Crippen LogP contribution in [0.3, 0.4) is 0 Å². The van der Waals surface area contributed by atoms with Gasteiger partial charge in [0, 0.05) is 43.8 Å². The summed E-state index contributed by atoms with van der Waals surface area (Å²) in [6.45, 7) is 0. The molecule has 5 aromatic carbocycles. The molecule has 0 fully saturated rings. The van der Waals surface area contributed by atoms with E-state index in [9.17, 15) is 0 Å². The van der Waals surface area contributed by atoms with E-state index in [-0.39, 0.29) is 0 Å². The monoisotopic (exact) mass is 586 g/mol. The summed E-state index contributed by atoms with van der Waals surface area (Å²) in [5.41, 5.74) is 11.4. The second kappa shape index (κ2) is 10.7. The first-order valence-corrected chi connectivity index (χ1v) is 15.4. The van der Waals surface area contributed by atoms with E-state index >= 15 is 0 Å². The molecule has 4 heteroatoms. The maximum Gasteiger partial charge on any atom is 0.0972 e. The average molecular weight is 587 g/mol. The van der Waals surface area contributed by atoms with E-state index in [0.717, 1.165) is 88.6 Å². The Morgan fingerprint density at radius 2 is 0.522 bits per heavy atom. The number of fused-ring (bicyclic) bond motifs is 6. The first kappa shape index (κ1) is 26.2. The Bertz CT molecular complexity index is 2400. The molecule has 0 spiro atoms. The third-order valence-electron chi connectivity index (χ3n) is 8.66. The smallest absolute Gasteiger partial charge is 0.0972 e. The molecule has 0 aliphatic heterocycles. The highest BCUT2D eigenvalue weighted by Crippen LogP contribution is 2.35. The number of hydrogen-bond acceptors (Lipinski definition) is 4. The van der Waals surface area contributed by atoms with Crippen LogP contribution in [-0.4, -0.2) is 19.9 Å². The Kier molecular flexibility index (Phi) is 6.10. The van der Waals surface area contributed by atoms with Crippen molar-refractivity contribution >= 4 is 43.6 Å². The standard InChI is InChI=1S/C42H26N4/c1-3-9-27(10-4-1)35-23-19-29-15-17-31-21-25-37(45-41(31)39(29)43-35)33-13-7-8-14-34(33)38-26-22-32-18-16-30-20-24-36(28-11-5-2-6-12-28)44-40(30)42(32)46-38/h1-26H. The number of pyridine rings is 4. The number of aromatic nitrogens is 4. The van der Waals surface area contributed by atoms with E-state index in [0.29, 0.717) is 0 Å². The van der Waals surface area contributed by atoms with Crippen molar-refractivity contribution in [2.75, 3.05) is 0 Å². The average Bonchev–Trinajstić information content (AvgIpc) is 3.14. The van der Waals surface area contributed by atoms with Gasteiger partial charge in [-0.15, -0.1) is 0 Å². The second-order valence-corrected chi connectivity index (χ2v) is 11.5. The molecule has 0 aliphatic carbocycles. The minimum absolute atomic E-state index is 0.881. The zero-order valence-corrected chi connectivity index (χ0v) is 24.8. The van der Waals surface area contributed by atoms with Crippen molar-refractivity contribution in [3.8, 4) is 45.0 Å². The van der Waals surface area contributed by atoms with Gasteiger partial charge in [-0.2, -0.15) is 0 Å². The largest absolute Gasteiger partial charge is 0.245 e. The Morgan fingerprint density at radius 1 is 0.239 bits per heavy atom. The van der Waals surface area contributed by atoms with Gasteiger partial charge in [0.05, 0.1) is 44.8 Å². The third-order valence-corrected chi connectivity index (χ3v) is 8.66. The molecule has 4 aromatic heterocycles. The molecule has 0 amide bonds. The highest BCUT2D eigenvalue weighted by atomic mass is 14.8. The van der Waals surface area contributed by atoms with Gasteiger partial charge in [-0.3, -0.25) is 0 Å². The van der Waals surface area contributed by atoms with Crippen LogP contribution in [0.25, 0.3) is 88.6 Å². The van der Waals surface area contributed by atoms with Crippen molar-refractivity contribution in [1.82, 2.24) is 19.9 Å². The molecule has 46 heavy (non-hydrogen) atoms. The number of rotatable bonds is 4. The van der Waals surface area contributed by atoms with Crippen molar-refractivity contribution in [3.63, 3.8) is 0 Å². The van der Waals surface area contributed by atoms with Gasteiger partial charge in [0.2, 0.25) is 0 Å².